The van der Waals surface area contributed by atoms with E-state index in [4.69, 9.17) is 10.00 Å². The molecule has 7 heteroatoms. The van der Waals surface area contributed by atoms with Gasteiger partial charge in [-0.15, -0.1) is 0 Å². The Morgan fingerprint density at radius 1 is 1.21 bits per heavy atom. The summed E-state index contributed by atoms with van der Waals surface area (Å²) in [6.45, 7) is 3.73. The van der Waals surface area contributed by atoms with E-state index in [0.29, 0.717) is 43.0 Å². The highest BCUT2D eigenvalue weighted by molar-refractivity contribution is 5.95. The molecule has 0 aliphatic carbocycles. The van der Waals surface area contributed by atoms with Crippen LogP contribution < -0.4 is 5.32 Å². The van der Waals surface area contributed by atoms with Gasteiger partial charge in [0.1, 0.15) is 5.67 Å². The van der Waals surface area contributed by atoms with Crippen molar-refractivity contribution in [1.29, 1.82) is 5.26 Å². The summed E-state index contributed by atoms with van der Waals surface area (Å²) in [5.41, 5.74) is 1.81. The van der Waals surface area contributed by atoms with Gasteiger partial charge in [-0.3, -0.25) is 9.59 Å². The van der Waals surface area contributed by atoms with Gasteiger partial charge in [0.05, 0.1) is 30.7 Å². The average molecular weight is 450 g/mol. The first-order valence-corrected chi connectivity index (χ1v) is 11.3. The number of amides is 2. The molecular weight excluding hydrogens is 421 g/mol. The lowest BCUT2D eigenvalue weighted by Gasteiger charge is -2.37. The summed E-state index contributed by atoms with van der Waals surface area (Å²) in [5.74, 6) is -0.233. The van der Waals surface area contributed by atoms with Crippen LogP contribution in [-0.2, 0) is 21.6 Å². The number of carbonyl (C=O) groups is 2. The summed E-state index contributed by atoms with van der Waals surface area (Å²) in [6.07, 6.45) is 1.43. The van der Waals surface area contributed by atoms with Gasteiger partial charge in [0, 0.05) is 38.1 Å². The zero-order valence-electron chi connectivity index (χ0n) is 18.8. The number of aryl methyl sites for hydroxylation is 1. The minimum Gasteiger partial charge on any atom is -0.379 e. The number of rotatable bonds is 5. The number of piperidine rings is 1. The second-order valence-corrected chi connectivity index (χ2v) is 8.89. The van der Waals surface area contributed by atoms with Gasteiger partial charge in [-0.05, 0) is 54.3 Å². The smallest absolute Gasteiger partial charge is 0.253 e. The van der Waals surface area contributed by atoms with Crippen LogP contribution in [0.2, 0.25) is 0 Å². The minimum absolute atomic E-state index is 0.0491. The van der Waals surface area contributed by atoms with Crippen molar-refractivity contribution in [2.75, 3.05) is 26.3 Å². The molecule has 2 amide bonds. The van der Waals surface area contributed by atoms with Gasteiger partial charge in [0.2, 0.25) is 5.91 Å². The lowest BCUT2D eigenvalue weighted by atomic mass is 9.85. The lowest BCUT2D eigenvalue weighted by molar-refractivity contribution is -0.121. The first-order valence-electron chi connectivity index (χ1n) is 11.3. The van der Waals surface area contributed by atoms with Crippen molar-refractivity contribution in [3.8, 4) is 6.07 Å². The third kappa shape index (κ3) is 5.23. The maximum atomic E-state index is 15.5. The molecule has 0 spiro atoms. The van der Waals surface area contributed by atoms with Crippen LogP contribution >= 0.6 is 0 Å². The molecule has 6 nitrogen and oxygen atoms in total. The van der Waals surface area contributed by atoms with E-state index in [-0.39, 0.29) is 37.1 Å². The summed E-state index contributed by atoms with van der Waals surface area (Å²) in [4.78, 5) is 27.2. The molecule has 2 heterocycles. The molecule has 2 saturated heterocycles. The van der Waals surface area contributed by atoms with Crippen molar-refractivity contribution in [2.45, 2.75) is 44.3 Å². The van der Waals surface area contributed by atoms with Gasteiger partial charge in [0.15, 0.2) is 0 Å². The highest BCUT2D eigenvalue weighted by Gasteiger charge is 2.37. The van der Waals surface area contributed by atoms with E-state index >= 15 is 4.39 Å². The Bertz CT molecular complexity index is 1060. The molecule has 0 aromatic heterocycles. The predicted octanol–water partition coefficient (Wildman–Crippen LogP) is 3.42. The number of nitrogens with one attached hydrogen (secondary N) is 1. The van der Waals surface area contributed by atoms with Gasteiger partial charge in [-0.1, -0.05) is 18.2 Å². The first-order chi connectivity index (χ1) is 15.9. The molecule has 2 aromatic carbocycles. The molecule has 0 bridgehead atoms. The minimum atomic E-state index is -1.51. The molecule has 0 unspecified atom stereocenters. The summed E-state index contributed by atoms with van der Waals surface area (Å²) in [7, 11) is 0. The molecule has 2 aromatic rings. The van der Waals surface area contributed by atoms with Crippen LogP contribution in [0.3, 0.4) is 0 Å². The van der Waals surface area contributed by atoms with Crippen LogP contribution in [0, 0.1) is 18.3 Å². The molecule has 2 aliphatic heterocycles. The number of likely N-dealkylation sites (tertiary alicyclic amines) is 1. The predicted molar refractivity (Wildman–Crippen MR) is 121 cm³/mol. The summed E-state index contributed by atoms with van der Waals surface area (Å²) in [6, 6.07) is 14.1. The van der Waals surface area contributed by atoms with Crippen LogP contribution in [-0.4, -0.2) is 49.1 Å². The van der Waals surface area contributed by atoms with Crippen LogP contribution in [0.5, 0.6) is 0 Å². The van der Waals surface area contributed by atoms with Gasteiger partial charge in [-0.25, -0.2) is 4.39 Å². The van der Waals surface area contributed by atoms with E-state index in [9.17, 15) is 9.59 Å². The van der Waals surface area contributed by atoms with Crippen molar-refractivity contribution >= 4 is 11.8 Å². The second kappa shape index (κ2) is 9.72. The van der Waals surface area contributed by atoms with Gasteiger partial charge in [0.25, 0.3) is 5.91 Å². The fraction of sp³-hybridized carbons (Fsp3) is 0.423. The molecule has 0 saturated carbocycles. The standard InChI is InChI=1S/C26H28FN3O3/c1-18-2-5-20(14-21(18)15-24(31)29-23-8-13-33-17-23)25(32)30-11-9-26(27,10-12-30)22-6-3-19(16-28)4-7-22/h2-7,14,23H,8-13,15,17H2,1H3,(H,29,31)/t23-/m1/s1. The maximum absolute atomic E-state index is 15.5. The number of alkyl halides is 1. The largest absolute Gasteiger partial charge is 0.379 e. The fourth-order valence-electron chi connectivity index (χ4n) is 4.47. The quantitative estimate of drug-likeness (QED) is 0.758. The molecule has 1 atom stereocenters. The molecule has 172 valence electrons. The zero-order chi connectivity index (χ0) is 23.4. The molecule has 2 fully saturated rings. The zero-order valence-corrected chi connectivity index (χ0v) is 18.8. The number of ether oxygens (including phenoxy) is 1. The first kappa shape index (κ1) is 22.9. The van der Waals surface area contributed by atoms with Crippen LogP contribution in [0.1, 0.15) is 51.9 Å². The molecule has 0 radical (unpaired) electrons. The number of nitrogens with zero attached hydrogens (tertiary/aromatic N) is 2. The van der Waals surface area contributed by atoms with Crippen molar-refractivity contribution in [1.82, 2.24) is 10.2 Å². The van der Waals surface area contributed by atoms with E-state index < -0.39 is 5.67 Å². The van der Waals surface area contributed by atoms with Crippen LogP contribution in [0.15, 0.2) is 42.5 Å². The van der Waals surface area contributed by atoms with Crippen molar-refractivity contribution in [3.05, 3.63) is 70.3 Å². The summed E-state index contributed by atoms with van der Waals surface area (Å²) in [5, 5.41) is 11.9. The van der Waals surface area contributed by atoms with Gasteiger partial charge < -0.3 is 15.0 Å². The summed E-state index contributed by atoms with van der Waals surface area (Å²) < 4.78 is 20.8. The van der Waals surface area contributed by atoms with E-state index in [2.05, 4.69) is 5.32 Å². The Kier molecular flexibility index (Phi) is 6.75. The number of hydrogen-bond donors (Lipinski definition) is 1. The third-order valence-electron chi connectivity index (χ3n) is 6.62. The van der Waals surface area contributed by atoms with Crippen molar-refractivity contribution in [2.24, 2.45) is 0 Å². The fourth-order valence-corrected chi connectivity index (χ4v) is 4.47. The number of carbonyl (C=O) groups excluding carboxylic acids is 2. The lowest BCUT2D eigenvalue weighted by Crippen LogP contribution is -2.43. The Hall–Kier alpha value is -3.24. The number of benzene rings is 2. The number of hydrogen-bond acceptors (Lipinski definition) is 4. The SMILES string of the molecule is Cc1ccc(C(=O)N2CCC(F)(c3ccc(C#N)cc3)CC2)cc1CC(=O)N[C@@H]1CCOC1. The number of halogens is 1. The van der Waals surface area contributed by atoms with Gasteiger partial charge >= 0.3 is 0 Å². The van der Waals surface area contributed by atoms with Crippen LogP contribution in [0.4, 0.5) is 4.39 Å². The Morgan fingerprint density at radius 2 is 1.94 bits per heavy atom. The Balaban J connectivity index is 1.39. The molecular formula is C26H28FN3O3. The monoisotopic (exact) mass is 449 g/mol. The number of nitriles is 1. The molecule has 33 heavy (non-hydrogen) atoms. The summed E-state index contributed by atoms with van der Waals surface area (Å²) >= 11 is 0. The second-order valence-electron chi connectivity index (χ2n) is 8.89. The van der Waals surface area contributed by atoms with Gasteiger partial charge in [-0.2, -0.15) is 5.26 Å². The Morgan fingerprint density at radius 3 is 2.58 bits per heavy atom. The molecule has 2 aliphatic rings. The van der Waals surface area contributed by atoms with E-state index in [0.717, 1.165) is 17.5 Å². The van der Waals surface area contributed by atoms with Crippen molar-refractivity contribution in [3.63, 3.8) is 0 Å². The van der Waals surface area contributed by atoms with E-state index in [1.54, 1.807) is 41.3 Å². The Labute approximate surface area is 193 Å². The van der Waals surface area contributed by atoms with E-state index in [1.165, 1.54) is 0 Å². The maximum Gasteiger partial charge on any atom is 0.253 e. The normalized spacial score (nSPS) is 19.7. The highest BCUT2D eigenvalue weighted by atomic mass is 19.1. The van der Waals surface area contributed by atoms with E-state index in [1.807, 2.05) is 19.1 Å². The highest BCUT2D eigenvalue weighted by Crippen LogP contribution is 2.37. The average Bonchev–Trinajstić information content (AvgIpc) is 3.33. The third-order valence-corrected chi connectivity index (χ3v) is 6.62. The molecule has 4 rings (SSSR count). The van der Waals surface area contributed by atoms with Crippen LogP contribution in [0.25, 0.3) is 0 Å². The molecule has 1 N–H and O–H groups in total. The van der Waals surface area contributed by atoms with Crippen molar-refractivity contribution < 1.29 is 18.7 Å². The topological polar surface area (TPSA) is 82.4 Å².